The van der Waals surface area contributed by atoms with Gasteiger partial charge in [0.05, 0.1) is 19.1 Å². The topological polar surface area (TPSA) is 151 Å². The molecule has 1 N–H and O–H groups in total. The van der Waals surface area contributed by atoms with Crippen molar-refractivity contribution in [3.63, 3.8) is 0 Å². The number of methoxy groups -OCH3 is 2. The van der Waals surface area contributed by atoms with E-state index >= 15 is 0 Å². The molecule has 0 saturated heterocycles. The number of nitro benzene ring substituents is 1. The molecule has 0 fully saturated rings. The Bertz CT molecular complexity index is 1450. The molecule has 184 valence electrons. The highest BCUT2D eigenvalue weighted by molar-refractivity contribution is 8.03. The van der Waals surface area contributed by atoms with Gasteiger partial charge < -0.3 is 23.4 Å². The van der Waals surface area contributed by atoms with Gasteiger partial charge in [0, 0.05) is 35.4 Å². The van der Waals surface area contributed by atoms with Crippen molar-refractivity contribution in [2.75, 3.05) is 14.2 Å². The minimum atomic E-state index is -1.22. The lowest BCUT2D eigenvalue weighted by atomic mass is 10.1. The number of benzene rings is 2. The second kappa shape index (κ2) is 10.4. The van der Waals surface area contributed by atoms with E-state index in [1.807, 2.05) is 0 Å². The molecule has 11 nitrogen and oxygen atoms in total. The van der Waals surface area contributed by atoms with Crippen LogP contribution in [0.1, 0.15) is 11.3 Å². The normalized spacial score (nSPS) is 11.4. The van der Waals surface area contributed by atoms with Crippen LogP contribution in [0.25, 0.3) is 28.9 Å². The molecule has 0 aliphatic rings. The number of furan rings is 1. The predicted octanol–water partition coefficient (Wildman–Crippen LogP) is 5.45. The Labute approximate surface area is 208 Å². The summed E-state index contributed by atoms with van der Waals surface area (Å²) in [7, 11) is 3.03. The van der Waals surface area contributed by atoms with E-state index < -0.39 is 10.9 Å². The molecule has 0 aliphatic heterocycles. The third-order valence-corrected chi connectivity index (χ3v) is 5.85. The lowest BCUT2D eigenvalue weighted by molar-refractivity contribution is -0.384. The van der Waals surface area contributed by atoms with Crippen LogP contribution < -0.4 is 9.47 Å². The lowest BCUT2D eigenvalue weighted by Crippen LogP contribution is -1.96. The van der Waals surface area contributed by atoms with E-state index in [9.17, 15) is 20.0 Å². The number of aromatic nitrogens is 2. The third kappa shape index (κ3) is 5.39. The summed E-state index contributed by atoms with van der Waals surface area (Å²) in [5.41, 5.74) is 1.81. The highest BCUT2D eigenvalue weighted by atomic mass is 32.2. The number of rotatable bonds is 9. The first-order valence-corrected chi connectivity index (χ1v) is 11.1. The van der Waals surface area contributed by atoms with Gasteiger partial charge in [-0.15, -0.1) is 10.2 Å². The Morgan fingerprint density at radius 1 is 1.06 bits per heavy atom. The van der Waals surface area contributed by atoms with Gasteiger partial charge >= 0.3 is 5.97 Å². The fraction of sp³-hybridized carbons (Fsp3) is 0.125. The fourth-order valence-electron chi connectivity index (χ4n) is 3.27. The summed E-state index contributed by atoms with van der Waals surface area (Å²) < 4.78 is 21.9. The van der Waals surface area contributed by atoms with Crippen molar-refractivity contribution >= 4 is 29.5 Å². The number of aryl methyl sites for hydroxylation is 1. The summed E-state index contributed by atoms with van der Waals surface area (Å²) in [6, 6.07) is 12.7. The maximum atomic E-state index is 11.9. The van der Waals surface area contributed by atoms with Crippen molar-refractivity contribution in [3.8, 4) is 34.3 Å². The number of aliphatic carboxylic acids is 1. The van der Waals surface area contributed by atoms with Gasteiger partial charge in [-0.2, -0.15) is 0 Å². The summed E-state index contributed by atoms with van der Waals surface area (Å²) in [4.78, 5) is 22.2. The minimum absolute atomic E-state index is 0.0124. The average Bonchev–Trinajstić information content (AvgIpc) is 3.53. The summed E-state index contributed by atoms with van der Waals surface area (Å²) in [6.45, 7) is 1.73. The van der Waals surface area contributed by atoms with Crippen molar-refractivity contribution in [3.05, 3.63) is 74.9 Å². The molecule has 0 atom stereocenters. The quantitative estimate of drug-likeness (QED) is 0.133. The van der Waals surface area contributed by atoms with Crippen molar-refractivity contribution in [2.24, 2.45) is 0 Å². The van der Waals surface area contributed by atoms with E-state index in [0.717, 1.165) is 11.8 Å². The van der Waals surface area contributed by atoms with E-state index in [4.69, 9.17) is 18.3 Å². The first-order valence-electron chi connectivity index (χ1n) is 10.3. The molecule has 0 spiro atoms. The highest BCUT2D eigenvalue weighted by Crippen LogP contribution is 2.34. The summed E-state index contributed by atoms with van der Waals surface area (Å²) in [5.74, 6) is 0.709. The van der Waals surface area contributed by atoms with Crippen LogP contribution in [0.2, 0.25) is 0 Å². The van der Waals surface area contributed by atoms with E-state index in [0.29, 0.717) is 33.9 Å². The smallest absolute Gasteiger partial charge is 0.342 e. The zero-order chi connectivity index (χ0) is 25.8. The monoisotopic (exact) mass is 509 g/mol. The molecule has 0 radical (unpaired) electrons. The SMILES string of the molecule is COc1cc(OC)cc(-c2nnc(S/C(=C\c3ccc(-c4ccc([N+](=O)[O-])cc4C)o3)C(=O)O)o2)c1. The van der Waals surface area contributed by atoms with Crippen LogP contribution in [0.5, 0.6) is 11.5 Å². The standard InChI is InChI=1S/C24H19N3O8S/c1-13-8-15(27(30)31)4-6-19(13)20-7-5-16(34-20)12-21(23(28)29)36-24-26-25-22(35-24)14-9-17(32-2)11-18(10-14)33-3/h4-12H,1-3H3,(H,28,29)/b21-12-. The van der Waals surface area contributed by atoms with Gasteiger partial charge in [0.1, 0.15) is 27.9 Å². The first-order chi connectivity index (χ1) is 17.3. The van der Waals surface area contributed by atoms with Crippen LogP contribution >= 0.6 is 11.8 Å². The molecule has 0 saturated carbocycles. The average molecular weight is 509 g/mol. The van der Waals surface area contributed by atoms with Crippen LogP contribution in [0, 0.1) is 17.0 Å². The number of nitro groups is 1. The molecule has 4 aromatic rings. The van der Waals surface area contributed by atoms with Gasteiger partial charge in [0.2, 0.25) is 5.89 Å². The number of thioether (sulfide) groups is 1. The van der Waals surface area contributed by atoms with E-state index in [1.54, 1.807) is 43.3 Å². The van der Waals surface area contributed by atoms with E-state index in [2.05, 4.69) is 10.2 Å². The Morgan fingerprint density at radius 3 is 2.39 bits per heavy atom. The minimum Gasteiger partial charge on any atom is -0.497 e. The Balaban J connectivity index is 1.57. The Hall–Kier alpha value is -4.58. The lowest BCUT2D eigenvalue weighted by Gasteiger charge is -2.05. The van der Waals surface area contributed by atoms with E-state index in [1.165, 1.54) is 32.4 Å². The summed E-state index contributed by atoms with van der Waals surface area (Å²) >= 11 is 0.764. The highest BCUT2D eigenvalue weighted by Gasteiger charge is 2.18. The second-order valence-corrected chi connectivity index (χ2v) is 8.34. The zero-order valence-corrected chi connectivity index (χ0v) is 20.1. The van der Waals surface area contributed by atoms with Crippen molar-refractivity contribution < 1.29 is 33.1 Å². The van der Waals surface area contributed by atoms with Crippen LogP contribution in [-0.2, 0) is 4.79 Å². The van der Waals surface area contributed by atoms with Gasteiger partial charge in [-0.05, 0) is 54.6 Å². The van der Waals surface area contributed by atoms with Crippen LogP contribution in [0.15, 0.2) is 67.5 Å². The van der Waals surface area contributed by atoms with Gasteiger partial charge in [0.15, 0.2) is 0 Å². The Morgan fingerprint density at radius 2 is 1.78 bits per heavy atom. The molecule has 2 aromatic carbocycles. The van der Waals surface area contributed by atoms with Gasteiger partial charge in [-0.25, -0.2) is 4.79 Å². The summed E-state index contributed by atoms with van der Waals surface area (Å²) in [6.07, 6.45) is 1.33. The number of ether oxygens (including phenoxy) is 2. The van der Waals surface area contributed by atoms with Gasteiger partial charge in [-0.1, -0.05) is 0 Å². The van der Waals surface area contributed by atoms with E-state index in [-0.39, 0.29) is 27.5 Å². The molecule has 0 unspecified atom stereocenters. The number of carboxylic acids is 1. The number of non-ortho nitro benzene ring substituents is 1. The molecule has 36 heavy (non-hydrogen) atoms. The molecule has 2 aromatic heterocycles. The number of hydrogen-bond donors (Lipinski definition) is 1. The predicted molar refractivity (Wildman–Crippen MR) is 130 cm³/mol. The first kappa shape index (κ1) is 24.5. The maximum absolute atomic E-state index is 11.9. The van der Waals surface area contributed by atoms with Crippen LogP contribution in [-0.4, -0.2) is 40.4 Å². The largest absolute Gasteiger partial charge is 0.497 e. The number of hydrogen-bond acceptors (Lipinski definition) is 10. The molecule has 0 bridgehead atoms. The maximum Gasteiger partial charge on any atom is 0.342 e. The molecule has 0 aliphatic carbocycles. The molecule has 12 heteroatoms. The molecule has 0 amide bonds. The number of carbonyl (C=O) groups is 1. The number of carboxylic acid groups (broad SMARTS) is 1. The van der Waals surface area contributed by atoms with Crippen molar-refractivity contribution in [1.82, 2.24) is 10.2 Å². The van der Waals surface area contributed by atoms with Crippen molar-refractivity contribution in [1.29, 1.82) is 0 Å². The van der Waals surface area contributed by atoms with Crippen LogP contribution in [0.3, 0.4) is 0 Å². The zero-order valence-electron chi connectivity index (χ0n) is 19.3. The fourth-order valence-corrected chi connectivity index (χ4v) is 3.92. The summed E-state index contributed by atoms with van der Waals surface area (Å²) in [5, 5.41) is 28.6. The Kier molecular flexibility index (Phi) is 7.06. The molecular weight excluding hydrogens is 490 g/mol. The van der Waals surface area contributed by atoms with Gasteiger partial charge in [-0.3, -0.25) is 10.1 Å². The third-order valence-electron chi connectivity index (χ3n) is 5.00. The molecule has 4 rings (SSSR count). The molecule has 2 heterocycles. The number of nitrogens with zero attached hydrogens (tertiary/aromatic N) is 3. The second-order valence-electron chi connectivity index (χ2n) is 7.35. The van der Waals surface area contributed by atoms with Crippen molar-refractivity contribution in [2.45, 2.75) is 12.1 Å². The molecular formula is C24H19N3O8S. The van der Waals surface area contributed by atoms with Gasteiger partial charge in [0.25, 0.3) is 10.9 Å². The van der Waals surface area contributed by atoms with Crippen LogP contribution in [0.4, 0.5) is 5.69 Å².